The molecule has 9 heteroatoms. The van der Waals surface area contributed by atoms with Gasteiger partial charge in [-0.25, -0.2) is 4.68 Å². The van der Waals surface area contributed by atoms with Crippen LogP contribution in [0.3, 0.4) is 0 Å². The van der Waals surface area contributed by atoms with Gasteiger partial charge in [-0.15, -0.1) is 5.10 Å². The highest BCUT2D eigenvalue weighted by Gasteiger charge is 2.35. The van der Waals surface area contributed by atoms with Crippen molar-refractivity contribution in [3.05, 3.63) is 81.4 Å². The summed E-state index contributed by atoms with van der Waals surface area (Å²) >= 11 is 0. The molecule has 0 spiro atoms. The number of nitrogens with one attached hydrogen (secondary N) is 1. The second-order valence-corrected chi connectivity index (χ2v) is 11.2. The van der Waals surface area contributed by atoms with Crippen LogP contribution < -0.4 is 10.3 Å². The normalized spacial score (nSPS) is 18.9. The average Bonchev–Trinajstić information content (AvgIpc) is 3.67. The lowest BCUT2D eigenvalue weighted by Crippen LogP contribution is -2.39. The fraction of sp³-hybridized carbons (Fsp3) is 0.484. The highest BCUT2D eigenvalue weighted by Crippen LogP contribution is 2.34. The van der Waals surface area contributed by atoms with E-state index in [-0.39, 0.29) is 17.7 Å². The number of fused-ring (bicyclic) bond motifs is 1. The van der Waals surface area contributed by atoms with Crippen LogP contribution in [0.5, 0.6) is 5.75 Å². The highest BCUT2D eigenvalue weighted by molar-refractivity contribution is 5.79. The molecule has 2 unspecified atom stereocenters. The molecule has 0 radical (unpaired) electrons. The number of tetrazole rings is 1. The largest absolute Gasteiger partial charge is 0.497 e. The number of rotatable bonds is 9. The number of pyridine rings is 1. The Hall–Kier alpha value is -3.56. The zero-order valence-corrected chi connectivity index (χ0v) is 23.4. The van der Waals surface area contributed by atoms with Crippen LogP contribution in [0.15, 0.2) is 53.3 Å². The molecule has 210 valence electrons. The van der Waals surface area contributed by atoms with Gasteiger partial charge in [-0.1, -0.05) is 43.0 Å². The van der Waals surface area contributed by atoms with Crippen molar-refractivity contribution >= 4 is 10.9 Å². The summed E-state index contributed by atoms with van der Waals surface area (Å²) in [6.45, 7) is 4.11. The second-order valence-electron chi connectivity index (χ2n) is 11.2. The van der Waals surface area contributed by atoms with E-state index in [4.69, 9.17) is 9.47 Å². The topological polar surface area (TPSA) is 98.2 Å². The van der Waals surface area contributed by atoms with Crippen LogP contribution in [0.2, 0.25) is 0 Å². The van der Waals surface area contributed by atoms with Gasteiger partial charge in [0, 0.05) is 30.8 Å². The standard InChI is InChI=1S/C31H38N6O3/c1-21-10-15-28-23(17-21)18-27(31(38)32-28)29(30-33-34-35-37(30)24-7-4-3-5-8-24)36(20-26-9-6-16-40-26)19-22-11-13-25(39-2)14-12-22/h10-15,17-18,24,26,29H,3-9,16,19-20H2,1-2H3,(H,32,38). The van der Waals surface area contributed by atoms with Gasteiger partial charge in [0.25, 0.3) is 5.56 Å². The zero-order valence-electron chi connectivity index (χ0n) is 23.4. The summed E-state index contributed by atoms with van der Waals surface area (Å²) in [7, 11) is 1.67. The third-order valence-electron chi connectivity index (χ3n) is 8.38. The van der Waals surface area contributed by atoms with E-state index in [0.717, 1.165) is 78.7 Å². The maximum Gasteiger partial charge on any atom is 0.253 e. The fourth-order valence-corrected chi connectivity index (χ4v) is 6.29. The molecule has 1 aliphatic heterocycles. The van der Waals surface area contributed by atoms with Crippen LogP contribution in [0.4, 0.5) is 0 Å². The smallest absolute Gasteiger partial charge is 0.253 e. The summed E-state index contributed by atoms with van der Waals surface area (Å²) < 4.78 is 13.5. The molecule has 4 aromatic rings. The third-order valence-corrected chi connectivity index (χ3v) is 8.38. The van der Waals surface area contributed by atoms with Crippen molar-refractivity contribution in [1.82, 2.24) is 30.1 Å². The van der Waals surface area contributed by atoms with Gasteiger partial charge in [-0.2, -0.15) is 0 Å². The molecule has 9 nitrogen and oxygen atoms in total. The minimum atomic E-state index is -0.447. The molecule has 2 atom stereocenters. The van der Waals surface area contributed by atoms with E-state index in [1.165, 1.54) is 6.42 Å². The molecule has 2 aromatic carbocycles. The minimum Gasteiger partial charge on any atom is -0.497 e. The monoisotopic (exact) mass is 542 g/mol. The Morgan fingerprint density at radius 1 is 1.07 bits per heavy atom. The van der Waals surface area contributed by atoms with Gasteiger partial charge in [-0.3, -0.25) is 9.69 Å². The number of H-pyrrole nitrogens is 1. The number of aryl methyl sites for hydroxylation is 1. The van der Waals surface area contributed by atoms with Crippen LogP contribution in [-0.2, 0) is 11.3 Å². The first-order valence-electron chi connectivity index (χ1n) is 14.5. The van der Waals surface area contributed by atoms with Crippen LogP contribution >= 0.6 is 0 Å². The fourth-order valence-electron chi connectivity index (χ4n) is 6.29. The molecular weight excluding hydrogens is 504 g/mol. The van der Waals surface area contributed by atoms with E-state index >= 15 is 0 Å². The number of hydrogen-bond acceptors (Lipinski definition) is 7. The summed E-state index contributed by atoms with van der Waals surface area (Å²) in [6, 6.07) is 16.0. The quantitative estimate of drug-likeness (QED) is 0.314. The Morgan fingerprint density at radius 3 is 2.65 bits per heavy atom. The maximum absolute atomic E-state index is 13.8. The first kappa shape index (κ1) is 26.7. The Balaban J connectivity index is 1.49. The first-order valence-corrected chi connectivity index (χ1v) is 14.5. The summed E-state index contributed by atoms with van der Waals surface area (Å²) in [5, 5.41) is 14.3. The third kappa shape index (κ3) is 5.67. The molecule has 40 heavy (non-hydrogen) atoms. The van der Waals surface area contributed by atoms with Crippen molar-refractivity contribution in [3.63, 3.8) is 0 Å². The molecule has 1 saturated carbocycles. The lowest BCUT2D eigenvalue weighted by Gasteiger charge is -2.34. The lowest BCUT2D eigenvalue weighted by atomic mass is 9.95. The highest BCUT2D eigenvalue weighted by atomic mass is 16.5. The van der Waals surface area contributed by atoms with Crippen molar-refractivity contribution in [2.24, 2.45) is 0 Å². The van der Waals surface area contributed by atoms with Gasteiger partial charge in [0.1, 0.15) is 11.8 Å². The van der Waals surface area contributed by atoms with Crippen LogP contribution in [0.1, 0.15) is 79.5 Å². The van der Waals surface area contributed by atoms with E-state index in [2.05, 4.69) is 50.5 Å². The average molecular weight is 543 g/mol. The van der Waals surface area contributed by atoms with Crippen LogP contribution in [-0.4, -0.2) is 56.5 Å². The van der Waals surface area contributed by atoms with E-state index in [1.807, 2.05) is 35.0 Å². The Labute approximate surface area is 234 Å². The van der Waals surface area contributed by atoms with Gasteiger partial charge >= 0.3 is 0 Å². The number of methoxy groups -OCH3 is 1. The molecule has 2 fully saturated rings. The van der Waals surface area contributed by atoms with Crippen molar-refractivity contribution in [2.45, 2.75) is 76.6 Å². The molecule has 0 bridgehead atoms. The minimum absolute atomic E-state index is 0.0848. The number of hydrogen-bond donors (Lipinski definition) is 1. The number of aromatic amines is 1. The van der Waals surface area contributed by atoms with Gasteiger partial charge in [0.05, 0.1) is 19.3 Å². The molecule has 1 saturated heterocycles. The van der Waals surface area contributed by atoms with Gasteiger partial charge in [0.15, 0.2) is 5.82 Å². The van der Waals surface area contributed by atoms with Gasteiger partial charge in [-0.05, 0) is 84.3 Å². The van der Waals surface area contributed by atoms with E-state index in [0.29, 0.717) is 18.7 Å². The molecule has 6 rings (SSSR count). The number of nitrogens with zero attached hydrogens (tertiary/aromatic N) is 5. The Bertz CT molecular complexity index is 1490. The summed E-state index contributed by atoms with van der Waals surface area (Å²) in [5.41, 5.74) is 3.62. The van der Waals surface area contributed by atoms with Gasteiger partial charge < -0.3 is 14.5 Å². The molecule has 1 aliphatic carbocycles. The maximum atomic E-state index is 13.8. The van der Waals surface area contributed by atoms with Crippen molar-refractivity contribution in [1.29, 1.82) is 0 Å². The summed E-state index contributed by atoms with van der Waals surface area (Å²) in [4.78, 5) is 19.3. The molecule has 2 aromatic heterocycles. The molecular formula is C31H38N6O3. The zero-order chi connectivity index (χ0) is 27.5. The van der Waals surface area contributed by atoms with Crippen molar-refractivity contribution in [2.75, 3.05) is 20.3 Å². The van der Waals surface area contributed by atoms with E-state index in [1.54, 1.807) is 7.11 Å². The molecule has 0 amide bonds. The van der Waals surface area contributed by atoms with Gasteiger partial charge in [0.2, 0.25) is 0 Å². The summed E-state index contributed by atoms with van der Waals surface area (Å²) in [6.07, 6.45) is 7.77. The second kappa shape index (κ2) is 11.9. The SMILES string of the molecule is COc1ccc(CN(CC2CCCO2)C(c2cc3cc(C)ccc3[nH]c2=O)c2nnnn2C2CCCCC2)cc1. The predicted octanol–water partition coefficient (Wildman–Crippen LogP) is 5.11. The summed E-state index contributed by atoms with van der Waals surface area (Å²) in [5.74, 6) is 1.53. The van der Waals surface area contributed by atoms with Crippen molar-refractivity contribution < 1.29 is 9.47 Å². The Kier molecular flexibility index (Phi) is 7.93. The van der Waals surface area contributed by atoms with E-state index in [9.17, 15) is 4.79 Å². The molecule has 2 aliphatic rings. The van der Waals surface area contributed by atoms with E-state index < -0.39 is 6.04 Å². The first-order chi connectivity index (χ1) is 19.6. The van der Waals surface area contributed by atoms with Crippen LogP contribution in [0, 0.1) is 6.92 Å². The molecule has 1 N–H and O–H groups in total. The molecule has 3 heterocycles. The van der Waals surface area contributed by atoms with Crippen molar-refractivity contribution in [3.8, 4) is 5.75 Å². The number of ether oxygens (including phenoxy) is 2. The lowest BCUT2D eigenvalue weighted by molar-refractivity contribution is 0.0567. The number of aromatic nitrogens is 5. The van der Waals surface area contributed by atoms with Crippen LogP contribution in [0.25, 0.3) is 10.9 Å². The number of benzene rings is 2. The Morgan fingerprint density at radius 2 is 1.90 bits per heavy atom. The predicted molar refractivity (Wildman–Crippen MR) is 153 cm³/mol.